The van der Waals surface area contributed by atoms with Gasteiger partial charge in [-0.25, -0.2) is 8.42 Å². The number of rotatable bonds is 4. The first-order chi connectivity index (χ1) is 8.47. The third-order valence-electron chi connectivity index (χ3n) is 4.51. The Kier molecular flexibility index (Phi) is 4.67. The van der Waals surface area contributed by atoms with E-state index < -0.39 is 9.84 Å². The van der Waals surface area contributed by atoms with Crippen LogP contribution < -0.4 is 5.32 Å². The summed E-state index contributed by atoms with van der Waals surface area (Å²) in [6, 6.07) is 0.194. The standard InChI is InChI=1S/C13H26N2O2S/c1-15-8-6-11(7-9-15)10-14-12-4-3-5-13(12)18(2,16)17/h11-14H,3-10H2,1-2H3. The summed E-state index contributed by atoms with van der Waals surface area (Å²) in [7, 11) is -0.717. The van der Waals surface area contributed by atoms with Crippen molar-refractivity contribution < 1.29 is 8.42 Å². The second kappa shape index (κ2) is 5.88. The second-order valence-corrected chi connectivity index (χ2v) is 8.32. The predicted molar refractivity (Wildman–Crippen MR) is 74.5 cm³/mol. The summed E-state index contributed by atoms with van der Waals surface area (Å²) in [6.45, 7) is 3.34. The van der Waals surface area contributed by atoms with Crippen LogP contribution in [0.25, 0.3) is 0 Å². The summed E-state index contributed by atoms with van der Waals surface area (Å²) in [4.78, 5) is 2.37. The number of sulfone groups is 1. The molecule has 2 fully saturated rings. The van der Waals surface area contributed by atoms with Crippen molar-refractivity contribution in [2.45, 2.75) is 43.4 Å². The van der Waals surface area contributed by atoms with Crippen LogP contribution in [0.15, 0.2) is 0 Å². The SMILES string of the molecule is CN1CCC(CNC2CCCC2S(C)(=O)=O)CC1. The number of hydrogen-bond acceptors (Lipinski definition) is 4. The van der Waals surface area contributed by atoms with Gasteiger partial charge in [0.2, 0.25) is 0 Å². The molecule has 106 valence electrons. The highest BCUT2D eigenvalue weighted by Gasteiger charge is 2.34. The molecule has 2 atom stereocenters. The summed E-state index contributed by atoms with van der Waals surface area (Å²) >= 11 is 0. The zero-order valence-corrected chi connectivity index (χ0v) is 12.4. The maximum absolute atomic E-state index is 11.7. The quantitative estimate of drug-likeness (QED) is 0.827. The number of piperidine rings is 1. The van der Waals surface area contributed by atoms with E-state index in [9.17, 15) is 8.42 Å². The minimum Gasteiger partial charge on any atom is -0.312 e. The van der Waals surface area contributed by atoms with Gasteiger partial charge in [0.15, 0.2) is 9.84 Å². The minimum absolute atomic E-state index is 0.149. The fourth-order valence-electron chi connectivity index (χ4n) is 3.26. The van der Waals surface area contributed by atoms with Crippen molar-refractivity contribution in [3.05, 3.63) is 0 Å². The van der Waals surface area contributed by atoms with E-state index in [0.717, 1.165) is 31.7 Å². The molecule has 1 N–H and O–H groups in total. The summed E-state index contributed by atoms with van der Waals surface area (Å²) in [6.07, 6.45) is 6.75. The molecule has 1 saturated carbocycles. The van der Waals surface area contributed by atoms with Crippen LogP contribution >= 0.6 is 0 Å². The molecule has 2 aliphatic rings. The van der Waals surface area contributed by atoms with Gasteiger partial charge in [-0.05, 0) is 58.3 Å². The Morgan fingerprint density at radius 3 is 2.44 bits per heavy atom. The monoisotopic (exact) mass is 274 g/mol. The molecule has 5 heteroatoms. The van der Waals surface area contributed by atoms with Crippen LogP contribution in [0.3, 0.4) is 0 Å². The highest BCUT2D eigenvalue weighted by molar-refractivity contribution is 7.91. The van der Waals surface area contributed by atoms with Gasteiger partial charge in [0, 0.05) is 12.3 Å². The van der Waals surface area contributed by atoms with Gasteiger partial charge in [-0.1, -0.05) is 6.42 Å². The number of nitrogens with one attached hydrogen (secondary N) is 1. The Balaban J connectivity index is 1.79. The van der Waals surface area contributed by atoms with Gasteiger partial charge >= 0.3 is 0 Å². The van der Waals surface area contributed by atoms with Gasteiger partial charge in [-0.15, -0.1) is 0 Å². The van der Waals surface area contributed by atoms with Crippen LogP contribution in [0.5, 0.6) is 0 Å². The number of nitrogens with zero attached hydrogens (tertiary/aromatic N) is 1. The van der Waals surface area contributed by atoms with Crippen molar-refractivity contribution >= 4 is 9.84 Å². The third kappa shape index (κ3) is 3.68. The molecule has 0 aromatic heterocycles. The first kappa shape index (κ1) is 14.3. The summed E-state index contributed by atoms with van der Waals surface area (Å²) in [5.74, 6) is 0.724. The van der Waals surface area contributed by atoms with E-state index >= 15 is 0 Å². The molecule has 0 spiro atoms. The van der Waals surface area contributed by atoms with Crippen LogP contribution in [0, 0.1) is 5.92 Å². The van der Waals surface area contributed by atoms with Crippen LogP contribution in [0.1, 0.15) is 32.1 Å². The molecule has 0 aromatic carbocycles. The van der Waals surface area contributed by atoms with E-state index in [1.165, 1.54) is 32.2 Å². The Morgan fingerprint density at radius 1 is 1.17 bits per heavy atom. The van der Waals surface area contributed by atoms with Crippen LogP contribution in [-0.2, 0) is 9.84 Å². The fraction of sp³-hybridized carbons (Fsp3) is 1.00. The number of hydrogen-bond donors (Lipinski definition) is 1. The maximum atomic E-state index is 11.7. The first-order valence-electron chi connectivity index (χ1n) is 7.07. The Labute approximate surface area is 111 Å². The summed E-state index contributed by atoms with van der Waals surface area (Å²) < 4.78 is 23.4. The fourth-order valence-corrected chi connectivity index (χ4v) is 4.68. The first-order valence-corrected chi connectivity index (χ1v) is 9.03. The molecular formula is C13H26N2O2S. The van der Waals surface area contributed by atoms with Crippen molar-refractivity contribution in [3.8, 4) is 0 Å². The van der Waals surface area contributed by atoms with E-state index in [0.29, 0.717) is 0 Å². The molecule has 0 amide bonds. The predicted octanol–water partition coefficient (Wildman–Crippen LogP) is 0.884. The van der Waals surface area contributed by atoms with Gasteiger partial charge < -0.3 is 10.2 Å². The van der Waals surface area contributed by atoms with E-state index in [2.05, 4.69) is 17.3 Å². The lowest BCUT2D eigenvalue weighted by Crippen LogP contribution is -2.43. The normalized spacial score (nSPS) is 31.9. The smallest absolute Gasteiger partial charge is 0.151 e. The van der Waals surface area contributed by atoms with E-state index in [-0.39, 0.29) is 11.3 Å². The van der Waals surface area contributed by atoms with Crippen molar-refractivity contribution in [1.29, 1.82) is 0 Å². The average molecular weight is 274 g/mol. The highest BCUT2D eigenvalue weighted by atomic mass is 32.2. The average Bonchev–Trinajstić information content (AvgIpc) is 2.76. The highest BCUT2D eigenvalue weighted by Crippen LogP contribution is 2.25. The lowest BCUT2D eigenvalue weighted by molar-refractivity contribution is 0.212. The van der Waals surface area contributed by atoms with Gasteiger partial charge in [0.1, 0.15) is 0 Å². The van der Waals surface area contributed by atoms with E-state index in [1.807, 2.05) is 0 Å². The molecule has 0 radical (unpaired) electrons. The molecule has 1 aliphatic heterocycles. The molecule has 4 nitrogen and oxygen atoms in total. The Morgan fingerprint density at radius 2 is 1.83 bits per heavy atom. The topological polar surface area (TPSA) is 49.4 Å². The third-order valence-corrected chi connectivity index (χ3v) is 6.17. The molecule has 2 unspecified atom stereocenters. The molecule has 1 saturated heterocycles. The van der Waals surface area contributed by atoms with Crippen molar-refractivity contribution in [1.82, 2.24) is 10.2 Å². The van der Waals surface area contributed by atoms with Crippen molar-refractivity contribution in [3.63, 3.8) is 0 Å². The minimum atomic E-state index is -2.88. The zero-order chi connectivity index (χ0) is 13.2. The lowest BCUT2D eigenvalue weighted by Gasteiger charge is -2.30. The van der Waals surface area contributed by atoms with Crippen molar-refractivity contribution in [2.75, 3.05) is 32.9 Å². The zero-order valence-electron chi connectivity index (χ0n) is 11.6. The molecule has 1 heterocycles. The Bertz CT molecular complexity index is 361. The molecular weight excluding hydrogens is 248 g/mol. The van der Waals surface area contributed by atoms with Crippen molar-refractivity contribution in [2.24, 2.45) is 5.92 Å². The maximum Gasteiger partial charge on any atom is 0.151 e. The van der Waals surface area contributed by atoms with Gasteiger partial charge in [-0.3, -0.25) is 0 Å². The van der Waals surface area contributed by atoms with Gasteiger partial charge in [0.25, 0.3) is 0 Å². The van der Waals surface area contributed by atoms with Gasteiger partial charge in [-0.2, -0.15) is 0 Å². The van der Waals surface area contributed by atoms with E-state index in [1.54, 1.807) is 0 Å². The Hall–Kier alpha value is -0.130. The number of likely N-dealkylation sites (tertiary alicyclic amines) is 1. The van der Waals surface area contributed by atoms with E-state index in [4.69, 9.17) is 0 Å². The molecule has 0 aromatic rings. The largest absolute Gasteiger partial charge is 0.312 e. The van der Waals surface area contributed by atoms with Crippen LogP contribution in [0.4, 0.5) is 0 Å². The lowest BCUT2D eigenvalue weighted by atomic mass is 9.97. The summed E-state index contributed by atoms with van der Waals surface area (Å²) in [5, 5.41) is 3.38. The molecule has 2 rings (SSSR count). The molecule has 1 aliphatic carbocycles. The summed E-state index contributed by atoms with van der Waals surface area (Å²) in [5.41, 5.74) is 0. The molecule has 18 heavy (non-hydrogen) atoms. The van der Waals surface area contributed by atoms with Crippen LogP contribution in [0.2, 0.25) is 0 Å². The van der Waals surface area contributed by atoms with Gasteiger partial charge in [0.05, 0.1) is 5.25 Å². The van der Waals surface area contributed by atoms with Crippen LogP contribution in [-0.4, -0.2) is 57.5 Å². The molecule has 0 bridgehead atoms. The second-order valence-electron chi connectivity index (χ2n) is 6.06.